The summed E-state index contributed by atoms with van der Waals surface area (Å²) in [7, 11) is 0. The van der Waals surface area contributed by atoms with Crippen molar-refractivity contribution in [2.24, 2.45) is 29.6 Å². The zero-order valence-electron chi connectivity index (χ0n) is 27.9. The van der Waals surface area contributed by atoms with Crippen LogP contribution in [0.2, 0.25) is 5.02 Å². The highest BCUT2D eigenvalue weighted by atomic mass is 35.5. The van der Waals surface area contributed by atoms with Crippen LogP contribution in [0.15, 0.2) is 127 Å². The molecular weight excluding hydrogens is 676 g/mol. The second-order valence-corrected chi connectivity index (χ2v) is 14.6. The molecule has 0 unspecified atom stereocenters. The Morgan fingerprint density at radius 1 is 0.827 bits per heavy atom. The summed E-state index contributed by atoms with van der Waals surface area (Å²) in [5.41, 5.74) is 3.30. The van der Waals surface area contributed by atoms with Gasteiger partial charge in [0, 0.05) is 22.9 Å². The zero-order valence-corrected chi connectivity index (χ0v) is 28.7. The van der Waals surface area contributed by atoms with Gasteiger partial charge in [0.2, 0.25) is 23.6 Å². The summed E-state index contributed by atoms with van der Waals surface area (Å²) < 4.78 is 6.20. The number of fused-ring (bicyclic) bond motifs is 5. The van der Waals surface area contributed by atoms with Crippen LogP contribution >= 0.6 is 11.6 Å². The Morgan fingerprint density at radius 3 is 2.37 bits per heavy atom. The van der Waals surface area contributed by atoms with E-state index in [1.165, 1.54) is 9.80 Å². The molecule has 3 fully saturated rings. The van der Waals surface area contributed by atoms with E-state index in [9.17, 15) is 19.5 Å². The number of phenolic OH excluding ortho intramolecular Hbond substituents is 1. The van der Waals surface area contributed by atoms with Gasteiger partial charge in [0.1, 0.15) is 11.5 Å². The molecule has 9 heteroatoms. The molecule has 2 saturated heterocycles. The second kappa shape index (κ2) is 11.9. The first kappa shape index (κ1) is 32.2. The Labute approximate surface area is 305 Å². The smallest absolute Gasteiger partial charge is 0.246 e. The molecule has 9 rings (SSSR count). The van der Waals surface area contributed by atoms with E-state index in [0.29, 0.717) is 40.6 Å². The van der Waals surface area contributed by atoms with Gasteiger partial charge in [-0.25, -0.2) is 4.90 Å². The summed E-state index contributed by atoms with van der Waals surface area (Å²) in [5, 5.41) is 10.8. The first-order chi connectivity index (χ1) is 25.2. The summed E-state index contributed by atoms with van der Waals surface area (Å²) in [5.74, 6) is -4.14. The van der Waals surface area contributed by atoms with E-state index in [1.54, 1.807) is 66.9 Å². The normalized spacial score (nSPS) is 27.6. The molecular formula is C43H33ClN2O6. The molecule has 4 aromatic carbocycles. The molecule has 8 nitrogen and oxygen atoms in total. The molecule has 0 bridgehead atoms. The van der Waals surface area contributed by atoms with E-state index < -0.39 is 35.0 Å². The Balaban J connectivity index is 1.24. The number of carbonyl (C=O) groups is 4. The van der Waals surface area contributed by atoms with E-state index in [0.717, 1.165) is 22.3 Å². The average molecular weight is 709 g/mol. The maximum Gasteiger partial charge on any atom is 0.246 e. The standard InChI is InChI=1S/C43H33ClN2O6/c1-2-24-11-13-29(14-12-24)45-39(48)33-17-16-32-34(37(33)41(45)50)22-35-40(49)46(30-10-6-9-28(44)21-30)42(51)43(35,27-7-4-3-5-8-27)38(32)26-19-25-20-31(47)15-18-36(25)52-23-26/h2-16,18,20-21,23,33-35,37-38,47H,1,17,19,22H2/t33-,34+,35-,37-,38-,43+/m0/s1. The molecule has 2 aliphatic carbocycles. The van der Waals surface area contributed by atoms with Crippen molar-refractivity contribution in [3.63, 3.8) is 0 Å². The van der Waals surface area contributed by atoms with E-state index in [1.807, 2.05) is 48.5 Å². The molecule has 3 aliphatic heterocycles. The molecule has 4 aromatic rings. The predicted molar refractivity (Wildman–Crippen MR) is 196 cm³/mol. The van der Waals surface area contributed by atoms with Crippen molar-refractivity contribution in [1.29, 1.82) is 0 Å². The molecule has 0 radical (unpaired) electrons. The summed E-state index contributed by atoms with van der Waals surface area (Å²) in [4.78, 5) is 61.6. The monoisotopic (exact) mass is 708 g/mol. The molecule has 1 saturated carbocycles. The van der Waals surface area contributed by atoms with Crippen molar-refractivity contribution in [3.8, 4) is 11.5 Å². The topological polar surface area (TPSA) is 104 Å². The van der Waals surface area contributed by atoms with Gasteiger partial charge >= 0.3 is 0 Å². The van der Waals surface area contributed by atoms with Crippen LogP contribution in [0.1, 0.15) is 29.5 Å². The number of imide groups is 2. The van der Waals surface area contributed by atoms with Gasteiger partial charge in [-0.2, -0.15) is 0 Å². The molecule has 3 heterocycles. The highest BCUT2D eigenvalue weighted by Crippen LogP contribution is 2.64. The number of halogens is 1. The number of hydrogen-bond donors (Lipinski definition) is 1. The fourth-order valence-electron chi connectivity index (χ4n) is 9.57. The number of nitrogens with zero attached hydrogens (tertiary/aromatic N) is 2. The van der Waals surface area contributed by atoms with Gasteiger partial charge in [0.15, 0.2) is 0 Å². The van der Waals surface area contributed by atoms with E-state index in [4.69, 9.17) is 16.3 Å². The number of anilines is 2. The molecule has 1 N–H and O–H groups in total. The summed E-state index contributed by atoms with van der Waals surface area (Å²) >= 11 is 6.42. The lowest BCUT2D eigenvalue weighted by molar-refractivity contribution is -0.128. The Morgan fingerprint density at radius 2 is 1.62 bits per heavy atom. The number of benzene rings is 4. The van der Waals surface area contributed by atoms with Gasteiger partial charge < -0.3 is 9.84 Å². The van der Waals surface area contributed by atoms with Crippen LogP contribution in [-0.2, 0) is 31.0 Å². The fourth-order valence-corrected chi connectivity index (χ4v) is 9.76. The minimum absolute atomic E-state index is 0.0797. The molecule has 4 amide bonds. The number of phenols is 1. The van der Waals surface area contributed by atoms with E-state index in [-0.39, 0.29) is 35.8 Å². The van der Waals surface area contributed by atoms with Crippen LogP contribution in [0.4, 0.5) is 11.4 Å². The number of amides is 4. The Hall–Kier alpha value is -5.73. The lowest BCUT2D eigenvalue weighted by atomic mass is 9.48. The van der Waals surface area contributed by atoms with Crippen LogP contribution < -0.4 is 14.5 Å². The first-order valence-electron chi connectivity index (χ1n) is 17.4. The minimum Gasteiger partial charge on any atom is -0.508 e. The van der Waals surface area contributed by atoms with E-state index >= 15 is 4.79 Å². The SMILES string of the molecule is C=Cc1ccc(N2C(=O)[C@H]3[C@H](CC=C4[C@H](C5=COc6ccc(O)cc6C5)[C@]5(c6ccccc6)C(=O)N(c6cccc(Cl)c6)C(=O)[C@@H]5C[C@H]43)C2=O)cc1. The number of carbonyl (C=O) groups excluding carboxylic acids is 4. The van der Waals surface area contributed by atoms with Gasteiger partial charge in [0.25, 0.3) is 0 Å². The third-order valence-corrected chi connectivity index (χ3v) is 11.9. The van der Waals surface area contributed by atoms with E-state index in [2.05, 4.69) is 6.58 Å². The number of hydrogen-bond acceptors (Lipinski definition) is 6. The van der Waals surface area contributed by atoms with Crippen molar-refractivity contribution in [2.45, 2.75) is 24.7 Å². The summed E-state index contributed by atoms with van der Waals surface area (Å²) in [6.45, 7) is 3.81. The first-order valence-corrected chi connectivity index (χ1v) is 17.8. The van der Waals surface area contributed by atoms with Crippen LogP contribution in [0.3, 0.4) is 0 Å². The second-order valence-electron chi connectivity index (χ2n) is 14.2. The highest BCUT2D eigenvalue weighted by Gasteiger charge is 2.70. The van der Waals surface area contributed by atoms with Crippen LogP contribution in [0.25, 0.3) is 6.08 Å². The molecule has 5 aliphatic rings. The fraction of sp³-hybridized carbons (Fsp3) is 0.209. The van der Waals surface area contributed by atoms with Crippen LogP contribution in [0.5, 0.6) is 11.5 Å². The molecule has 52 heavy (non-hydrogen) atoms. The van der Waals surface area contributed by atoms with Crippen molar-refractivity contribution in [2.75, 3.05) is 9.80 Å². The molecule has 6 atom stereocenters. The van der Waals surface area contributed by atoms with Crippen LogP contribution in [0, 0.1) is 29.6 Å². The summed E-state index contributed by atoms with van der Waals surface area (Å²) in [6.07, 6.45) is 6.22. The molecule has 258 valence electrons. The van der Waals surface area contributed by atoms with Crippen molar-refractivity contribution >= 4 is 52.7 Å². The molecule has 0 aromatic heterocycles. The average Bonchev–Trinajstić information content (AvgIpc) is 3.55. The lowest BCUT2D eigenvalue weighted by Crippen LogP contribution is -2.55. The van der Waals surface area contributed by atoms with Gasteiger partial charge in [-0.3, -0.25) is 24.1 Å². The zero-order chi connectivity index (χ0) is 35.9. The lowest BCUT2D eigenvalue weighted by Gasteiger charge is -2.51. The Kier molecular flexibility index (Phi) is 7.38. The number of allylic oxidation sites excluding steroid dienone is 3. The van der Waals surface area contributed by atoms with Crippen LogP contribution in [-0.4, -0.2) is 28.7 Å². The quantitative estimate of drug-likeness (QED) is 0.171. The van der Waals surface area contributed by atoms with Crippen molar-refractivity contribution in [1.82, 2.24) is 0 Å². The van der Waals surface area contributed by atoms with Gasteiger partial charge in [-0.05, 0) is 84.0 Å². The minimum atomic E-state index is -1.41. The predicted octanol–water partition coefficient (Wildman–Crippen LogP) is 7.41. The van der Waals surface area contributed by atoms with Gasteiger partial charge in [0.05, 0.1) is 40.8 Å². The molecule has 0 spiro atoms. The number of rotatable bonds is 5. The van der Waals surface area contributed by atoms with Crippen molar-refractivity contribution in [3.05, 3.63) is 149 Å². The third kappa shape index (κ3) is 4.53. The third-order valence-electron chi connectivity index (χ3n) is 11.7. The number of aromatic hydroxyl groups is 1. The highest BCUT2D eigenvalue weighted by molar-refractivity contribution is 6.32. The van der Waals surface area contributed by atoms with Gasteiger partial charge in [-0.15, -0.1) is 0 Å². The number of ether oxygens (including phenoxy) is 1. The summed E-state index contributed by atoms with van der Waals surface area (Å²) in [6, 6.07) is 28.1. The maximum absolute atomic E-state index is 15.4. The van der Waals surface area contributed by atoms with Crippen molar-refractivity contribution < 1.29 is 29.0 Å². The Bertz CT molecular complexity index is 2280. The largest absolute Gasteiger partial charge is 0.508 e. The maximum atomic E-state index is 15.4. The van der Waals surface area contributed by atoms with Gasteiger partial charge in [-0.1, -0.05) is 84.4 Å².